The predicted octanol–water partition coefficient (Wildman–Crippen LogP) is 6.58. The molecule has 3 heteroatoms. The van der Waals surface area contributed by atoms with Crippen molar-refractivity contribution in [2.45, 2.75) is 32.2 Å². The van der Waals surface area contributed by atoms with Crippen LogP contribution < -0.4 is 9.47 Å². The van der Waals surface area contributed by atoms with Gasteiger partial charge >= 0.3 is 0 Å². The molecule has 0 spiro atoms. The molecule has 0 unspecified atom stereocenters. The molecule has 0 radical (unpaired) electrons. The number of fused-ring (bicyclic) bond motifs is 2. The van der Waals surface area contributed by atoms with E-state index in [1.54, 1.807) is 0 Å². The first-order valence-electron chi connectivity index (χ1n) is 10.2. The maximum absolute atomic E-state index is 2.38. The molecular weight excluding hydrogens is 372 g/mol. The smallest absolute Gasteiger partial charge is 0.213 e. The first kappa shape index (κ1) is 19.5. The van der Waals surface area contributed by atoms with E-state index in [2.05, 4.69) is 115 Å². The fraction of sp³-hybridized carbons (Fsp3) is 0.192. The molecule has 2 aromatic carbocycles. The summed E-state index contributed by atoms with van der Waals surface area (Å²) in [6.07, 6.45) is 11.1. The van der Waals surface area contributed by atoms with Gasteiger partial charge in [0.25, 0.3) is 0 Å². The molecule has 146 valence electrons. The van der Waals surface area contributed by atoms with Crippen LogP contribution in [0, 0.1) is 0 Å². The van der Waals surface area contributed by atoms with Crippen LogP contribution in [0.2, 0.25) is 0 Å². The molecule has 0 atom stereocenters. The highest BCUT2D eigenvalue weighted by molar-refractivity contribution is 8.03. The normalized spacial score (nSPS) is 15.6. The van der Waals surface area contributed by atoms with E-state index in [1.165, 1.54) is 37.7 Å². The Hall–Kier alpha value is -2.78. The van der Waals surface area contributed by atoms with Gasteiger partial charge in [-0.15, -0.1) is 0 Å². The average molecular weight is 400 g/mol. The third-order valence-corrected chi connectivity index (χ3v) is 6.40. The summed E-state index contributed by atoms with van der Waals surface area (Å²) in [6, 6.07) is 19.4. The Morgan fingerprint density at radius 2 is 1.83 bits per heavy atom. The Morgan fingerprint density at radius 1 is 1.03 bits per heavy atom. The number of aryl methyl sites for hydroxylation is 1. The molecule has 0 aliphatic carbocycles. The summed E-state index contributed by atoms with van der Waals surface area (Å²) in [7, 11) is 0. The van der Waals surface area contributed by atoms with E-state index in [1.807, 2.05) is 11.8 Å². The Labute approximate surface area is 177 Å². The molecule has 0 bridgehead atoms. The van der Waals surface area contributed by atoms with Crippen molar-refractivity contribution in [2.75, 3.05) is 11.4 Å². The van der Waals surface area contributed by atoms with Gasteiger partial charge < -0.3 is 4.90 Å². The zero-order chi connectivity index (χ0) is 20.2. The second-order valence-electron chi connectivity index (χ2n) is 7.14. The van der Waals surface area contributed by atoms with Crippen LogP contribution >= 0.6 is 11.8 Å². The molecule has 2 nitrogen and oxygen atoms in total. The SMILES string of the molecule is CCN1\C(=C/C=C(C)\C=C\c2cc[n+](CC)c3ccccc23)Sc2ccccc21. The lowest BCUT2D eigenvalue weighted by Crippen LogP contribution is -2.32. The van der Waals surface area contributed by atoms with Gasteiger partial charge in [-0.05, 0) is 50.6 Å². The molecule has 0 saturated carbocycles. The van der Waals surface area contributed by atoms with E-state index in [4.69, 9.17) is 0 Å². The highest BCUT2D eigenvalue weighted by Gasteiger charge is 2.22. The quantitative estimate of drug-likeness (QED) is 0.353. The van der Waals surface area contributed by atoms with Crippen molar-refractivity contribution in [3.8, 4) is 0 Å². The minimum absolute atomic E-state index is 0.977. The van der Waals surface area contributed by atoms with E-state index < -0.39 is 0 Å². The fourth-order valence-corrected chi connectivity index (χ4v) is 4.84. The monoisotopic (exact) mass is 399 g/mol. The van der Waals surface area contributed by atoms with Gasteiger partial charge in [0.1, 0.15) is 6.54 Å². The number of pyridine rings is 1. The van der Waals surface area contributed by atoms with Crippen LogP contribution in [0.3, 0.4) is 0 Å². The van der Waals surface area contributed by atoms with Crippen molar-refractivity contribution in [3.05, 3.63) is 95.2 Å². The van der Waals surface area contributed by atoms with Gasteiger partial charge in [-0.3, -0.25) is 0 Å². The van der Waals surface area contributed by atoms with Gasteiger partial charge in [-0.1, -0.05) is 59.8 Å². The Balaban J connectivity index is 1.58. The van der Waals surface area contributed by atoms with Crippen LogP contribution in [0.1, 0.15) is 26.3 Å². The summed E-state index contributed by atoms with van der Waals surface area (Å²) < 4.78 is 2.29. The summed E-state index contributed by atoms with van der Waals surface area (Å²) >= 11 is 1.85. The molecule has 0 fully saturated rings. The molecule has 0 saturated heterocycles. The molecule has 1 aliphatic heterocycles. The molecule has 0 N–H and O–H groups in total. The maximum Gasteiger partial charge on any atom is 0.213 e. The number of benzene rings is 2. The van der Waals surface area contributed by atoms with Crippen LogP contribution in [0.25, 0.3) is 17.0 Å². The number of rotatable bonds is 5. The van der Waals surface area contributed by atoms with Crippen LogP contribution in [0.15, 0.2) is 94.5 Å². The van der Waals surface area contributed by atoms with Crippen LogP contribution in [0.5, 0.6) is 0 Å². The van der Waals surface area contributed by atoms with Crippen LogP contribution in [-0.2, 0) is 6.54 Å². The number of nitrogens with zero attached hydrogens (tertiary/aromatic N) is 2. The minimum Gasteiger partial charge on any atom is -0.335 e. The lowest BCUT2D eigenvalue weighted by molar-refractivity contribution is -0.667. The highest BCUT2D eigenvalue weighted by Crippen LogP contribution is 2.45. The third-order valence-electron chi connectivity index (χ3n) is 5.27. The Bertz CT molecular complexity index is 1120. The Morgan fingerprint density at radius 3 is 2.66 bits per heavy atom. The molecule has 2 heterocycles. The van der Waals surface area contributed by atoms with Gasteiger partial charge in [0.15, 0.2) is 6.20 Å². The van der Waals surface area contributed by atoms with Crippen molar-refractivity contribution >= 4 is 34.4 Å². The summed E-state index contributed by atoms with van der Waals surface area (Å²) in [5, 5.41) is 2.58. The number of aromatic nitrogens is 1. The summed E-state index contributed by atoms with van der Waals surface area (Å²) in [5.41, 5.74) is 5.08. The first-order chi connectivity index (χ1) is 14.2. The molecule has 29 heavy (non-hydrogen) atoms. The van der Waals surface area contributed by atoms with E-state index >= 15 is 0 Å². The van der Waals surface area contributed by atoms with E-state index in [9.17, 15) is 0 Å². The molecule has 0 amide bonds. The van der Waals surface area contributed by atoms with E-state index in [0.29, 0.717) is 0 Å². The summed E-state index contributed by atoms with van der Waals surface area (Å²) in [4.78, 5) is 3.71. The summed E-state index contributed by atoms with van der Waals surface area (Å²) in [6.45, 7) is 8.50. The van der Waals surface area contributed by atoms with Gasteiger partial charge in [-0.2, -0.15) is 4.57 Å². The van der Waals surface area contributed by atoms with Crippen LogP contribution in [0.4, 0.5) is 5.69 Å². The fourth-order valence-electron chi connectivity index (χ4n) is 3.71. The average Bonchev–Trinajstić information content (AvgIpc) is 3.13. The van der Waals surface area contributed by atoms with Crippen molar-refractivity contribution < 1.29 is 4.57 Å². The van der Waals surface area contributed by atoms with Gasteiger partial charge in [0, 0.05) is 23.6 Å². The first-order valence-corrected chi connectivity index (χ1v) is 11.0. The van der Waals surface area contributed by atoms with Crippen molar-refractivity contribution in [3.63, 3.8) is 0 Å². The molecule has 1 aliphatic rings. The second kappa shape index (κ2) is 8.71. The minimum atomic E-state index is 0.977. The van der Waals surface area contributed by atoms with Gasteiger partial charge in [0.2, 0.25) is 5.52 Å². The highest BCUT2D eigenvalue weighted by atomic mass is 32.2. The third kappa shape index (κ3) is 4.01. The standard InChI is InChI=1S/C26H27N2S/c1-4-27-19-18-21(22-10-6-7-11-23(22)27)16-14-20(3)15-17-26-28(5-2)24-12-8-9-13-25(24)29-26/h6-19H,4-5H2,1-3H3/q+1. The lowest BCUT2D eigenvalue weighted by Gasteiger charge is -2.17. The number of hydrogen-bond donors (Lipinski definition) is 0. The largest absolute Gasteiger partial charge is 0.335 e. The van der Waals surface area contributed by atoms with Crippen molar-refractivity contribution in [2.24, 2.45) is 0 Å². The van der Waals surface area contributed by atoms with E-state index in [-0.39, 0.29) is 0 Å². The molecule has 3 aromatic rings. The van der Waals surface area contributed by atoms with Gasteiger partial charge in [-0.25, -0.2) is 0 Å². The topological polar surface area (TPSA) is 7.12 Å². The maximum atomic E-state index is 2.38. The zero-order valence-corrected chi connectivity index (χ0v) is 18.1. The van der Waals surface area contributed by atoms with Gasteiger partial charge in [0.05, 0.1) is 16.1 Å². The van der Waals surface area contributed by atoms with Crippen molar-refractivity contribution in [1.29, 1.82) is 0 Å². The summed E-state index contributed by atoms with van der Waals surface area (Å²) in [5.74, 6) is 0. The number of anilines is 1. The number of hydrogen-bond acceptors (Lipinski definition) is 2. The lowest BCUT2D eigenvalue weighted by atomic mass is 10.1. The van der Waals surface area contributed by atoms with Crippen LogP contribution in [-0.4, -0.2) is 6.54 Å². The predicted molar refractivity (Wildman–Crippen MR) is 126 cm³/mol. The second-order valence-corrected chi connectivity index (χ2v) is 8.20. The number of thioether (sulfide) groups is 1. The molecule has 4 rings (SSSR count). The zero-order valence-electron chi connectivity index (χ0n) is 17.3. The number of allylic oxidation sites excluding steroid dienone is 4. The van der Waals surface area contributed by atoms with E-state index in [0.717, 1.165) is 13.1 Å². The number of para-hydroxylation sites is 2. The molecule has 1 aromatic heterocycles. The van der Waals surface area contributed by atoms with Crippen molar-refractivity contribution in [1.82, 2.24) is 0 Å². The molecular formula is C26H27N2S+. The Kier molecular flexibility index (Phi) is 5.86.